The molecule has 1 amide bonds. The molecule has 0 saturated carbocycles. The van der Waals surface area contributed by atoms with Gasteiger partial charge in [-0.2, -0.15) is 0 Å². The van der Waals surface area contributed by atoms with Gasteiger partial charge in [0.05, 0.1) is 17.8 Å². The van der Waals surface area contributed by atoms with E-state index < -0.39 is 5.97 Å². The van der Waals surface area contributed by atoms with E-state index in [0.29, 0.717) is 24.6 Å². The average Bonchev–Trinajstić information content (AvgIpc) is 2.59. The van der Waals surface area contributed by atoms with Crippen molar-refractivity contribution >= 4 is 17.6 Å². The van der Waals surface area contributed by atoms with Crippen molar-refractivity contribution in [2.75, 3.05) is 18.1 Å². The molecule has 0 unspecified atom stereocenters. The van der Waals surface area contributed by atoms with Crippen LogP contribution in [0.15, 0.2) is 36.5 Å². The van der Waals surface area contributed by atoms with E-state index >= 15 is 0 Å². The van der Waals surface area contributed by atoms with Gasteiger partial charge in [0.15, 0.2) is 0 Å². The van der Waals surface area contributed by atoms with Crippen molar-refractivity contribution in [3.8, 4) is 5.75 Å². The standard InChI is InChI=1S/C19H20N2O4/c1-19(2,3)13-5-4-6-15-16(13)25-10-9-21(15)17(22)14-11-12(18(23)24)7-8-20-14/h4-8,11H,9-10H2,1-3H3,(H,23,24). The van der Waals surface area contributed by atoms with Crippen LogP contribution >= 0.6 is 0 Å². The predicted octanol–water partition coefficient (Wildman–Crippen LogP) is 3.12. The van der Waals surface area contributed by atoms with Crippen LogP contribution < -0.4 is 9.64 Å². The monoisotopic (exact) mass is 340 g/mol. The van der Waals surface area contributed by atoms with Crippen LogP contribution in [0.25, 0.3) is 0 Å². The number of carbonyl (C=O) groups is 2. The molecule has 2 aromatic rings. The Morgan fingerprint density at radius 3 is 2.68 bits per heavy atom. The van der Waals surface area contributed by atoms with Gasteiger partial charge < -0.3 is 14.7 Å². The molecule has 1 aliphatic heterocycles. The van der Waals surface area contributed by atoms with Gasteiger partial charge in [0.1, 0.15) is 18.1 Å². The topological polar surface area (TPSA) is 79.7 Å². The number of nitrogens with zero attached hydrogens (tertiary/aromatic N) is 2. The number of carbonyl (C=O) groups excluding carboxylic acids is 1. The van der Waals surface area contributed by atoms with Gasteiger partial charge in [-0.1, -0.05) is 32.9 Å². The summed E-state index contributed by atoms with van der Waals surface area (Å²) in [4.78, 5) is 29.7. The van der Waals surface area contributed by atoms with Crippen LogP contribution in [0.3, 0.4) is 0 Å². The summed E-state index contributed by atoms with van der Waals surface area (Å²) < 4.78 is 5.85. The van der Waals surface area contributed by atoms with E-state index in [9.17, 15) is 9.59 Å². The fourth-order valence-electron chi connectivity index (χ4n) is 2.87. The number of aromatic nitrogens is 1. The van der Waals surface area contributed by atoms with E-state index in [1.165, 1.54) is 18.3 Å². The predicted molar refractivity (Wildman–Crippen MR) is 93.5 cm³/mol. The second-order valence-corrected chi connectivity index (χ2v) is 6.94. The number of carboxylic acid groups (broad SMARTS) is 1. The number of pyridine rings is 1. The quantitative estimate of drug-likeness (QED) is 0.908. The number of hydrogen-bond acceptors (Lipinski definition) is 4. The van der Waals surface area contributed by atoms with Crippen molar-refractivity contribution in [3.63, 3.8) is 0 Å². The van der Waals surface area contributed by atoms with Gasteiger partial charge in [-0.15, -0.1) is 0 Å². The van der Waals surface area contributed by atoms with Crippen molar-refractivity contribution in [2.24, 2.45) is 0 Å². The Labute approximate surface area is 146 Å². The van der Waals surface area contributed by atoms with E-state index in [4.69, 9.17) is 9.84 Å². The lowest BCUT2D eigenvalue weighted by atomic mass is 9.85. The molecule has 0 bridgehead atoms. The van der Waals surface area contributed by atoms with E-state index in [2.05, 4.69) is 25.8 Å². The lowest BCUT2D eigenvalue weighted by molar-refractivity contribution is 0.0696. The minimum absolute atomic E-state index is 0.0373. The number of hydrogen-bond donors (Lipinski definition) is 1. The van der Waals surface area contributed by atoms with Crippen LogP contribution in [0.2, 0.25) is 0 Å². The molecule has 1 aliphatic rings. The molecule has 3 rings (SSSR count). The number of anilines is 1. The zero-order valence-corrected chi connectivity index (χ0v) is 14.4. The van der Waals surface area contributed by atoms with Crippen molar-refractivity contribution in [1.29, 1.82) is 0 Å². The molecular formula is C19H20N2O4. The number of rotatable bonds is 2. The Kier molecular flexibility index (Phi) is 4.20. The molecule has 0 atom stereocenters. The molecule has 0 fully saturated rings. The molecule has 2 heterocycles. The molecule has 0 spiro atoms. The van der Waals surface area contributed by atoms with Gasteiger partial charge in [0.2, 0.25) is 0 Å². The van der Waals surface area contributed by atoms with E-state index in [1.807, 2.05) is 18.2 Å². The molecule has 1 N–H and O–H groups in total. The first-order chi connectivity index (χ1) is 11.8. The second-order valence-electron chi connectivity index (χ2n) is 6.94. The zero-order valence-electron chi connectivity index (χ0n) is 14.4. The average molecular weight is 340 g/mol. The number of ether oxygens (including phenoxy) is 1. The van der Waals surface area contributed by atoms with Gasteiger partial charge in [-0.3, -0.25) is 9.78 Å². The molecule has 0 saturated heterocycles. The summed E-state index contributed by atoms with van der Waals surface area (Å²) in [5.41, 5.74) is 1.73. The molecule has 25 heavy (non-hydrogen) atoms. The smallest absolute Gasteiger partial charge is 0.335 e. The minimum Gasteiger partial charge on any atom is -0.489 e. The Bertz CT molecular complexity index is 840. The summed E-state index contributed by atoms with van der Waals surface area (Å²) in [6, 6.07) is 8.39. The van der Waals surface area contributed by atoms with Gasteiger partial charge in [0.25, 0.3) is 5.91 Å². The van der Waals surface area contributed by atoms with Crippen LogP contribution in [-0.2, 0) is 5.41 Å². The third-order valence-corrected chi connectivity index (χ3v) is 4.13. The van der Waals surface area contributed by atoms with Crippen molar-refractivity contribution in [3.05, 3.63) is 53.3 Å². The van der Waals surface area contributed by atoms with E-state index in [1.54, 1.807) is 4.90 Å². The number of aromatic carboxylic acids is 1. The summed E-state index contributed by atoms with van der Waals surface area (Å²) in [6.07, 6.45) is 1.34. The van der Waals surface area contributed by atoms with Gasteiger partial charge >= 0.3 is 5.97 Å². The normalized spacial score (nSPS) is 13.8. The Morgan fingerprint density at radius 1 is 1.24 bits per heavy atom. The van der Waals surface area contributed by atoms with E-state index in [0.717, 1.165) is 5.56 Å². The Hall–Kier alpha value is -2.89. The highest BCUT2D eigenvalue weighted by Crippen LogP contribution is 2.41. The molecular weight excluding hydrogens is 320 g/mol. The van der Waals surface area contributed by atoms with Crippen LogP contribution in [0, 0.1) is 0 Å². The Balaban J connectivity index is 2.03. The molecule has 0 aliphatic carbocycles. The molecule has 130 valence electrons. The molecule has 6 heteroatoms. The minimum atomic E-state index is -1.09. The number of benzene rings is 1. The molecule has 1 aromatic carbocycles. The lowest BCUT2D eigenvalue weighted by Gasteiger charge is -2.33. The maximum atomic E-state index is 12.9. The van der Waals surface area contributed by atoms with Crippen LogP contribution in [0.4, 0.5) is 5.69 Å². The van der Waals surface area contributed by atoms with Crippen molar-refractivity contribution in [1.82, 2.24) is 4.98 Å². The first kappa shape index (κ1) is 17.0. The summed E-state index contributed by atoms with van der Waals surface area (Å²) in [5, 5.41) is 9.11. The van der Waals surface area contributed by atoms with Gasteiger partial charge in [0, 0.05) is 11.8 Å². The van der Waals surface area contributed by atoms with Gasteiger partial charge in [-0.25, -0.2) is 4.79 Å². The lowest BCUT2D eigenvalue weighted by Crippen LogP contribution is -2.39. The highest BCUT2D eigenvalue weighted by Gasteiger charge is 2.30. The SMILES string of the molecule is CC(C)(C)c1cccc2c1OCCN2C(=O)c1cc(C(=O)O)ccn1. The third kappa shape index (κ3) is 3.20. The summed E-state index contributed by atoms with van der Waals surface area (Å²) in [7, 11) is 0. The molecule has 0 radical (unpaired) electrons. The molecule has 1 aromatic heterocycles. The fraction of sp³-hybridized carbons (Fsp3) is 0.316. The maximum absolute atomic E-state index is 12.9. The largest absolute Gasteiger partial charge is 0.489 e. The van der Waals surface area contributed by atoms with Crippen LogP contribution in [0.5, 0.6) is 5.75 Å². The zero-order chi connectivity index (χ0) is 18.2. The number of para-hydroxylation sites is 1. The number of amides is 1. The highest BCUT2D eigenvalue weighted by atomic mass is 16.5. The van der Waals surface area contributed by atoms with Gasteiger partial charge in [-0.05, 0) is 23.6 Å². The Morgan fingerprint density at radius 2 is 2.00 bits per heavy atom. The summed E-state index contributed by atoms with van der Waals surface area (Å²) in [5.74, 6) is -0.725. The third-order valence-electron chi connectivity index (χ3n) is 4.13. The number of carboxylic acids is 1. The first-order valence-corrected chi connectivity index (χ1v) is 8.06. The number of fused-ring (bicyclic) bond motifs is 1. The van der Waals surface area contributed by atoms with Crippen LogP contribution in [0.1, 0.15) is 47.2 Å². The van der Waals surface area contributed by atoms with E-state index in [-0.39, 0.29) is 22.6 Å². The van der Waals surface area contributed by atoms with Crippen molar-refractivity contribution in [2.45, 2.75) is 26.2 Å². The van der Waals surface area contributed by atoms with Crippen LogP contribution in [-0.4, -0.2) is 35.1 Å². The summed E-state index contributed by atoms with van der Waals surface area (Å²) >= 11 is 0. The second kappa shape index (κ2) is 6.20. The highest BCUT2D eigenvalue weighted by molar-refractivity contribution is 6.07. The van der Waals surface area contributed by atoms with Crippen molar-refractivity contribution < 1.29 is 19.4 Å². The summed E-state index contributed by atoms with van der Waals surface area (Å²) in [6.45, 7) is 7.03. The maximum Gasteiger partial charge on any atom is 0.335 e. The molecule has 6 nitrogen and oxygen atoms in total. The first-order valence-electron chi connectivity index (χ1n) is 8.06. The fourth-order valence-corrected chi connectivity index (χ4v) is 2.87.